The van der Waals surface area contributed by atoms with Crippen molar-refractivity contribution in [2.24, 2.45) is 5.10 Å². The number of fused-ring (bicyclic) bond motifs is 3. The molecule has 152 valence electrons. The first-order valence-corrected chi connectivity index (χ1v) is 9.42. The summed E-state index contributed by atoms with van der Waals surface area (Å²) >= 11 is 0. The summed E-state index contributed by atoms with van der Waals surface area (Å²) in [6.07, 6.45) is 3.46. The summed E-state index contributed by atoms with van der Waals surface area (Å²) in [4.78, 5) is 18.1. The van der Waals surface area contributed by atoms with Crippen LogP contribution in [0.5, 0.6) is 0 Å². The van der Waals surface area contributed by atoms with E-state index in [0.717, 1.165) is 27.8 Å². The molecule has 2 aromatic carbocycles. The number of nitro groups is 1. The number of nitrogens with zero attached hydrogens (tertiary/aromatic N) is 6. The molecule has 0 aliphatic rings. The van der Waals surface area contributed by atoms with Crippen LogP contribution in [-0.2, 0) is 0 Å². The molecule has 0 bridgehead atoms. The second kappa shape index (κ2) is 7.34. The second-order valence-electron chi connectivity index (χ2n) is 6.95. The van der Waals surface area contributed by atoms with Crippen LogP contribution in [0.2, 0.25) is 0 Å². The average molecular weight is 412 g/mol. The highest BCUT2D eigenvalue weighted by molar-refractivity contribution is 6.03. The molecule has 2 N–H and O–H groups in total. The second-order valence-corrected chi connectivity index (χ2v) is 6.95. The van der Waals surface area contributed by atoms with Crippen LogP contribution in [0.1, 0.15) is 11.3 Å². The topological polar surface area (TPSA) is 127 Å². The number of non-ortho nitro benzene ring substituents is 1. The van der Waals surface area contributed by atoms with Gasteiger partial charge in [-0.25, -0.2) is 5.43 Å². The first kappa shape index (κ1) is 18.4. The van der Waals surface area contributed by atoms with Gasteiger partial charge in [0.15, 0.2) is 5.65 Å². The normalized spacial score (nSPS) is 11.5. The Hall–Kier alpha value is -4.60. The first-order valence-electron chi connectivity index (χ1n) is 9.42. The maximum atomic E-state index is 10.8. The van der Waals surface area contributed by atoms with Crippen molar-refractivity contribution < 1.29 is 4.92 Å². The largest absolute Gasteiger partial charge is 0.338 e. The van der Waals surface area contributed by atoms with Crippen LogP contribution in [0.25, 0.3) is 27.8 Å². The monoisotopic (exact) mass is 412 g/mol. The molecule has 0 saturated carbocycles. The van der Waals surface area contributed by atoms with Crippen molar-refractivity contribution in [3.63, 3.8) is 0 Å². The van der Waals surface area contributed by atoms with Gasteiger partial charge in [0.2, 0.25) is 0 Å². The van der Waals surface area contributed by atoms with E-state index in [1.54, 1.807) is 18.3 Å². The number of nitro benzene ring substituents is 1. The molecular weight excluding hydrogens is 396 g/mol. The number of rotatable bonds is 5. The van der Waals surface area contributed by atoms with Crippen LogP contribution in [0, 0.1) is 17.0 Å². The first-order chi connectivity index (χ1) is 15.1. The molecule has 0 radical (unpaired) electrons. The maximum absolute atomic E-state index is 10.8. The lowest BCUT2D eigenvalue weighted by Crippen LogP contribution is -2.02. The predicted octanol–water partition coefficient (Wildman–Crippen LogP) is 3.96. The molecule has 31 heavy (non-hydrogen) atoms. The highest BCUT2D eigenvalue weighted by atomic mass is 16.6. The number of aryl methyl sites for hydroxylation is 1. The molecule has 0 aliphatic carbocycles. The molecule has 5 rings (SSSR count). The minimum absolute atomic E-state index is 0.0416. The van der Waals surface area contributed by atoms with E-state index < -0.39 is 4.92 Å². The lowest BCUT2D eigenvalue weighted by atomic mass is 10.2. The number of hydrazone groups is 1. The summed E-state index contributed by atoms with van der Waals surface area (Å²) in [5.74, 6) is 0.264. The van der Waals surface area contributed by atoms with Crippen molar-refractivity contribution in [1.82, 2.24) is 24.7 Å². The molecule has 0 aliphatic heterocycles. The zero-order valence-corrected chi connectivity index (χ0v) is 16.4. The van der Waals surface area contributed by atoms with E-state index in [-0.39, 0.29) is 11.6 Å². The number of anilines is 1. The van der Waals surface area contributed by atoms with Gasteiger partial charge in [0, 0.05) is 34.9 Å². The van der Waals surface area contributed by atoms with Gasteiger partial charge >= 0.3 is 0 Å². The van der Waals surface area contributed by atoms with E-state index in [0.29, 0.717) is 11.2 Å². The molecule has 10 heteroatoms. The third-order valence-corrected chi connectivity index (χ3v) is 4.85. The van der Waals surface area contributed by atoms with Crippen molar-refractivity contribution in [3.05, 3.63) is 82.2 Å². The maximum Gasteiger partial charge on any atom is 0.269 e. The van der Waals surface area contributed by atoms with Crippen LogP contribution >= 0.6 is 0 Å². The summed E-state index contributed by atoms with van der Waals surface area (Å²) in [5.41, 5.74) is 7.82. The van der Waals surface area contributed by atoms with Crippen LogP contribution in [0.4, 0.5) is 11.6 Å². The zero-order valence-electron chi connectivity index (χ0n) is 16.4. The number of aromatic amines is 1. The molecule has 0 saturated heterocycles. The SMILES string of the molecule is Cc1ccc2[nH]c3nc(NN=Cc4cccn4-c4ccc([N+](=O)[O-])cc4)nnc3c2c1. The van der Waals surface area contributed by atoms with E-state index >= 15 is 0 Å². The van der Waals surface area contributed by atoms with Crippen molar-refractivity contribution in [1.29, 1.82) is 0 Å². The van der Waals surface area contributed by atoms with Gasteiger partial charge in [0.25, 0.3) is 11.6 Å². The minimum Gasteiger partial charge on any atom is -0.338 e. The van der Waals surface area contributed by atoms with Gasteiger partial charge in [-0.3, -0.25) is 10.1 Å². The lowest BCUT2D eigenvalue weighted by Gasteiger charge is -2.05. The lowest BCUT2D eigenvalue weighted by molar-refractivity contribution is -0.384. The van der Waals surface area contributed by atoms with E-state index in [4.69, 9.17) is 0 Å². The fourth-order valence-corrected chi connectivity index (χ4v) is 3.36. The number of nitrogens with one attached hydrogen (secondary N) is 2. The molecular formula is C21H16N8O2. The molecule has 0 fully saturated rings. The van der Waals surface area contributed by atoms with E-state index in [1.165, 1.54) is 12.1 Å². The van der Waals surface area contributed by atoms with Gasteiger partial charge in [-0.05, 0) is 43.3 Å². The van der Waals surface area contributed by atoms with Crippen LogP contribution in [0.3, 0.4) is 0 Å². The third kappa shape index (κ3) is 3.46. The number of benzene rings is 2. The van der Waals surface area contributed by atoms with Crippen molar-refractivity contribution in [3.8, 4) is 5.69 Å². The van der Waals surface area contributed by atoms with E-state index in [2.05, 4.69) is 30.7 Å². The number of aromatic nitrogens is 5. The fraction of sp³-hybridized carbons (Fsp3) is 0.0476. The standard InChI is InChI=1S/C21H16N8O2/c1-13-4-9-18-17(11-13)19-20(23-18)24-21(27-25-19)26-22-12-16-3-2-10-28(16)14-5-7-15(8-6-14)29(30)31/h2-12H,1H3,(H2,23,24,26,27). The number of hydrogen-bond acceptors (Lipinski definition) is 7. The van der Waals surface area contributed by atoms with Crippen molar-refractivity contribution in [2.75, 3.05) is 5.43 Å². The van der Waals surface area contributed by atoms with Gasteiger partial charge < -0.3 is 9.55 Å². The molecule has 10 nitrogen and oxygen atoms in total. The molecule has 5 aromatic rings. The predicted molar refractivity (Wildman–Crippen MR) is 118 cm³/mol. The summed E-state index contributed by atoms with van der Waals surface area (Å²) in [5, 5.41) is 24.4. The average Bonchev–Trinajstić information content (AvgIpc) is 3.38. The molecule has 3 heterocycles. The Morgan fingerprint density at radius 2 is 2.00 bits per heavy atom. The smallest absolute Gasteiger partial charge is 0.269 e. The van der Waals surface area contributed by atoms with Gasteiger partial charge in [-0.1, -0.05) is 11.6 Å². The minimum atomic E-state index is -0.426. The van der Waals surface area contributed by atoms with Gasteiger partial charge in [0.1, 0.15) is 5.52 Å². The Labute approximate surface area is 175 Å². The summed E-state index contributed by atoms with van der Waals surface area (Å²) in [6.45, 7) is 2.02. The van der Waals surface area contributed by atoms with Gasteiger partial charge in [-0.2, -0.15) is 10.1 Å². The van der Waals surface area contributed by atoms with Crippen LogP contribution in [0.15, 0.2) is 65.9 Å². The summed E-state index contributed by atoms with van der Waals surface area (Å²) < 4.78 is 1.86. The molecule has 3 aromatic heterocycles. The fourth-order valence-electron chi connectivity index (χ4n) is 3.36. The Balaban J connectivity index is 1.37. The van der Waals surface area contributed by atoms with Gasteiger partial charge in [-0.15, -0.1) is 10.2 Å². The quantitative estimate of drug-likeness (QED) is 0.256. The Morgan fingerprint density at radius 3 is 2.81 bits per heavy atom. The van der Waals surface area contributed by atoms with E-state index in [9.17, 15) is 10.1 Å². The van der Waals surface area contributed by atoms with Crippen molar-refractivity contribution >= 4 is 39.9 Å². The van der Waals surface area contributed by atoms with E-state index in [1.807, 2.05) is 48.0 Å². The van der Waals surface area contributed by atoms with Gasteiger partial charge in [0.05, 0.1) is 16.8 Å². The Morgan fingerprint density at radius 1 is 1.16 bits per heavy atom. The highest BCUT2D eigenvalue weighted by Gasteiger charge is 2.09. The molecule has 0 unspecified atom stereocenters. The Bertz CT molecular complexity index is 1450. The molecule has 0 amide bonds. The highest BCUT2D eigenvalue weighted by Crippen LogP contribution is 2.23. The number of hydrogen-bond donors (Lipinski definition) is 2. The summed E-state index contributed by atoms with van der Waals surface area (Å²) in [7, 11) is 0. The molecule has 0 atom stereocenters. The van der Waals surface area contributed by atoms with Crippen LogP contribution < -0.4 is 5.43 Å². The zero-order chi connectivity index (χ0) is 21.4. The number of H-pyrrole nitrogens is 1. The Kier molecular flexibility index (Phi) is 4.36. The third-order valence-electron chi connectivity index (χ3n) is 4.85. The van der Waals surface area contributed by atoms with Crippen LogP contribution in [-0.4, -0.2) is 35.9 Å². The van der Waals surface area contributed by atoms with Crippen molar-refractivity contribution in [2.45, 2.75) is 6.92 Å². The molecule has 0 spiro atoms. The summed E-state index contributed by atoms with van der Waals surface area (Å²) in [6, 6.07) is 16.1.